The van der Waals surface area contributed by atoms with Crippen LogP contribution in [-0.2, 0) is 0 Å². The zero-order valence-electron chi connectivity index (χ0n) is 12.6. The summed E-state index contributed by atoms with van der Waals surface area (Å²) < 4.78 is 0.243. The Morgan fingerprint density at radius 2 is 2.09 bits per heavy atom. The maximum atomic E-state index is 12.7. The minimum atomic E-state index is -0.261. The lowest BCUT2D eigenvalue weighted by molar-refractivity contribution is 0.0745. The number of benzene rings is 1. The molecule has 1 aromatic carbocycles. The number of fused-ring (bicyclic) bond motifs is 1. The van der Waals surface area contributed by atoms with Gasteiger partial charge in [0.1, 0.15) is 0 Å². The summed E-state index contributed by atoms with van der Waals surface area (Å²) in [6, 6.07) is 8.93. The second-order valence-corrected chi connectivity index (χ2v) is 6.66. The molecule has 1 amide bonds. The second kappa shape index (κ2) is 6.10. The van der Waals surface area contributed by atoms with Crippen molar-refractivity contribution in [3.8, 4) is 0 Å². The number of carbonyl (C=O) groups is 1. The van der Waals surface area contributed by atoms with Gasteiger partial charge >= 0.3 is 0 Å². The Kier molecular flexibility index (Phi) is 4.14. The van der Waals surface area contributed by atoms with E-state index in [0.29, 0.717) is 16.5 Å². The van der Waals surface area contributed by atoms with Gasteiger partial charge in [0, 0.05) is 17.5 Å². The van der Waals surface area contributed by atoms with E-state index in [9.17, 15) is 9.59 Å². The van der Waals surface area contributed by atoms with Gasteiger partial charge in [-0.15, -0.1) is 11.3 Å². The van der Waals surface area contributed by atoms with Crippen LogP contribution in [0.15, 0.2) is 40.5 Å². The average Bonchev–Trinajstić information content (AvgIpc) is 3.06. The molecule has 0 aliphatic carbocycles. The fourth-order valence-corrected chi connectivity index (χ4v) is 3.43. The maximum Gasteiger partial charge on any atom is 0.259 e. The van der Waals surface area contributed by atoms with Crippen LogP contribution in [0.1, 0.15) is 28.2 Å². The maximum absolute atomic E-state index is 12.7. The standard InChI is InChI=1S/C16H15N3O2S2/c1-9(13-4-3-7-23-13)19(2)15(21)10-5-6-11-12(8-10)17-16(22)18-14(11)20/h3-9H,1-2H3,(H2,17,18,20,22)/t9-/m1/s1. The van der Waals surface area contributed by atoms with Crippen LogP contribution in [0.25, 0.3) is 10.9 Å². The third-order valence-corrected chi connectivity index (χ3v) is 5.09. The van der Waals surface area contributed by atoms with Crippen molar-refractivity contribution >= 4 is 40.4 Å². The molecule has 0 saturated heterocycles. The molecule has 7 heteroatoms. The highest BCUT2D eigenvalue weighted by Crippen LogP contribution is 2.25. The van der Waals surface area contributed by atoms with Crippen molar-refractivity contribution in [1.82, 2.24) is 14.9 Å². The van der Waals surface area contributed by atoms with Gasteiger partial charge in [-0.05, 0) is 48.8 Å². The van der Waals surface area contributed by atoms with Gasteiger partial charge < -0.3 is 9.88 Å². The Labute approximate surface area is 141 Å². The molecule has 23 heavy (non-hydrogen) atoms. The number of hydrogen-bond donors (Lipinski definition) is 2. The Hall–Kier alpha value is -2.25. The lowest BCUT2D eigenvalue weighted by Gasteiger charge is -2.24. The summed E-state index contributed by atoms with van der Waals surface area (Å²) in [5, 5.41) is 2.47. The predicted molar refractivity (Wildman–Crippen MR) is 94.6 cm³/mol. The highest BCUT2D eigenvalue weighted by molar-refractivity contribution is 7.71. The highest BCUT2D eigenvalue weighted by Gasteiger charge is 2.20. The molecule has 2 heterocycles. The smallest absolute Gasteiger partial charge is 0.259 e. The summed E-state index contributed by atoms with van der Waals surface area (Å²) in [6.45, 7) is 1.99. The molecule has 0 saturated carbocycles. The van der Waals surface area contributed by atoms with Crippen molar-refractivity contribution < 1.29 is 4.79 Å². The number of amides is 1. The molecule has 0 unspecified atom stereocenters. The van der Waals surface area contributed by atoms with Crippen LogP contribution in [0.5, 0.6) is 0 Å². The van der Waals surface area contributed by atoms with E-state index < -0.39 is 0 Å². The van der Waals surface area contributed by atoms with Gasteiger partial charge in [-0.25, -0.2) is 0 Å². The fourth-order valence-electron chi connectivity index (χ4n) is 2.40. The van der Waals surface area contributed by atoms with Gasteiger partial charge in [-0.2, -0.15) is 0 Å². The van der Waals surface area contributed by atoms with E-state index >= 15 is 0 Å². The van der Waals surface area contributed by atoms with Crippen molar-refractivity contribution in [2.45, 2.75) is 13.0 Å². The Morgan fingerprint density at radius 1 is 1.30 bits per heavy atom. The van der Waals surface area contributed by atoms with E-state index in [1.165, 1.54) is 0 Å². The van der Waals surface area contributed by atoms with Gasteiger partial charge in [0.2, 0.25) is 0 Å². The van der Waals surface area contributed by atoms with Crippen molar-refractivity contribution in [3.05, 3.63) is 61.3 Å². The first kappa shape index (κ1) is 15.6. The number of nitrogens with zero attached hydrogens (tertiary/aromatic N) is 1. The molecule has 3 aromatic rings. The van der Waals surface area contributed by atoms with Crippen LogP contribution in [0.2, 0.25) is 0 Å². The minimum absolute atomic E-state index is 0.0177. The van der Waals surface area contributed by atoms with Crippen LogP contribution in [0.4, 0.5) is 0 Å². The Bertz CT molecular complexity index is 973. The van der Waals surface area contributed by atoms with Gasteiger partial charge in [-0.3, -0.25) is 14.6 Å². The molecule has 2 aromatic heterocycles. The minimum Gasteiger partial charge on any atom is -0.334 e. The number of aromatic nitrogens is 2. The van der Waals surface area contributed by atoms with Crippen LogP contribution < -0.4 is 5.56 Å². The van der Waals surface area contributed by atoms with Gasteiger partial charge in [-0.1, -0.05) is 6.07 Å². The number of H-pyrrole nitrogens is 2. The number of carbonyl (C=O) groups excluding carboxylic acids is 1. The molecule has 0 spiro atoms. The molecule has 0 aliphatic heterocycles. The van der Waals surface area contributed by atoms with Crippen LogP contribution in [0, 0.1) is 4.77 Å². The lowest BCUT2D eigenvalue weighted by Crippen LogP contribution is -2.29. The van der Waals surface area contributed by atoms with Crippen LogP contribution in [-0.4, -0.2) is 27.8 Å². The van der Waals surface area contributed by atoms with Crippen molar-refractivity contribution in [2.24, 2.45) is 0 Å². The molecule has 0 aliphatic rings. The molecule has 0 fully saturated rings. The molecule has 2 N–H and O–H groups in total. The Balaban J connectivity index is 1.97. The number of rotatable bonds is 3. The zero-order chi connectivity index (χ0) is 16.6. The first-order valence-electron chi connectivity index (χ1n) is 7.04. The summed E-state index contributed by atoms with van der Waals surface area (Å²) in [4.78, 5) is 32.8. The molecular formula is C16H15N3O2S2. The quantitative estimate of drug-likeness (QED) is 0.714. The summed E-state index contributed by atoms with van der Waals surface area (Å²) in [5.41, 5.74) is 0.810. The first-order valence-corrected chi connectivity index (χ1v) is 8.33. The van der Waals surface area contributed by atoms with Gasteiger partial charge in [0.25, 0.3) is 11.5 Å². The molecule has 118 valence electrons. The summed E-state index contributed by atoms with van der Waals surface area (Å²) in [6.07, 6.45) is 0. The second-order valence-electron chi connectivity index (χ2n) is 5.28. The highest BCUT2D eigenvalue weighted by atomic mass is 32.1. The zero-order valence-corrected chi connectivity index (χ0v) is 14.3. The topological polar surface area (TPSA) is 69.0 Å². The van der Waals surface area contributed by atoms with E-state index in [-0.39, 0.29) is 22.3 Å². The number of nitrogens with one attached hydrogen (secondary N) is 2. The lowest BCUT2D eigenvalue weighted by atomic mass is 10.1. The van der Waals surface area contributed by atoms with E-state index in [1.54, 1.807) is 41.5 Å². The molecule has 3 rings (SSSR count). The number of aromatic amines is 2. The van der Waals surface area contributed by atoms with Crippen LogP contribution >= 0.6 is 23.6 Å². The summed E-state index contributed by atoms with van der Waals surface area (Å²) >= 11 is 6.60. The van der Waals surface area contributed by atoms with E-state index in [2.05, 4.69) is 9.97 Å². The third-order valence-electron chi connectivity index (χ3n) is 3.84. The summed E-state index contributed by atoms with van der Waals surface area (Å²) in [7, 11) is 1.77. The van der Waals surface area contributed by atoms with Gasteiger partial charge in [0.05, 0.1) is 16.9 Å². The average molecular weight is 345 g/mol. The number of thiophene rings is 1. The summed E-state index contributed by atoms with van der Waals surface area (Å²) in [5.74, 6) is -0.104. The first-order chi connectivity index (χ1) is 11.0. The van der Waals surface area contributed by atoms with Crippen molar-refractivity contribution in [2.75, 3.05) is 7.05 Å². The van der Waals surface area contributed by atoms with E-state index in [4.69, 9.17) is 12.2 Å². The van der Waals surface area contributed by atoms with Crippen molar-refractivity contribution in [1.29, 1.82) is 0 Å². The number of hydrogen-bond acceptors (Lipinski definition) is 4. The normalized spacial score (nSPS) is 12.3. The third kappa shape index (κ3) is 2.97. The van der Waals surface area contributed by atoms with Crippen molar-refractivity contribution in [3.63, 3.8) is 0 Å². The molecule has 0 bridgehead atoms. The molecule has 5 nitrogen and oxygen atoms in total. The predicted octanol–water partition coefficient (Wildman–Crippen LogP) is 3.48. The SMILES string of the molecule is C[C@H](c1cccs1)N(C)C(=O)c1ccc2c(=O)[nH]c(=S)[nH]c2c1. The molecule has 0 radical (unpaired) electrons. The van der Waals surface area contributed by atoms with Crippen LogP contribution in [0.3, 0.4) is 0 Å². The monoisotopic (exact) mass is 345 g/mol. The van der Waals surface area contributed by atoms with Gasteiger partial charge in [0.15, 0.2) is 4.77 Å². The Morgan fingerprint density at radius 3 is 2.78 bits per heavy atom. The largest absolute Gasteiger partial charge is 0.334 e. The van der Waals surface area contributed by atoms with E-state index in [0.717, 1.165) is 4.88 Å². The molecule has 1 atom stereocenters. The van der Waals surface area contributed by atoms with E-state index in [1.807, 2.05) is 24.4 Å². The molecular weight excluding hydrogens is 330 g/mol. The fraction of sp³-hybridized carbons (Fsp3) is 0.188.